The SMILES string of the molecule is COCCN(CCO)c1nc(C)cc(C(N)=S)n1. The smallest absolute Gasteiger partial charge is 0.226 e. The van der Waals surface area contributed by atoms with E-state index in [4.69, 9.17) is 27.8 Å². The summed E-state index contributed by atoms with van der Waals surface area (Å²) in [6, 6.07) is 1.74. The highest BCUT2D eigenvalue weighted by molar-refractivity contribution is 7.80. The summed E-state index contributed by atoms with van der Waals surface area (Å²) < 4.78 is 5.02. The van der Waals surface area contributed by atoms with E-state index in [2.05, 4.69) is 9.97 Å². The van der Waals surface area contributed by atoms with Gasteiger partial charge in [0.1, 0.15) is 10.7 Å². The molecule has 6 nitrogen and oxygen atoms in total. The van der Waals surface area contributed by atoms with Crippen molar-refractivity contribution in [1.29, 1.82) is 0 Å². The van der Waals surface area contributed by atoms with E-state index in [9.17, 15) is 0 Å². The van der Waals surface area contributed by atoms with Gasteiger partial charge in [-0.2, -0.15) is 0 Å². The Morgan fingerprint density at radius 2 is 2.22 bits per heavy atom. The number of rotatable bonds is 7. The average Bonchev–Trinajstić information content (AvgIpc) is 2.33. The fourth-order valence-electron chi connectivity index (χ4n) is 1.45. The van der Waals surface area contributed by atoms with Crippen LogP contribution in [0.2, 0.25) is 0 Å². The highest BCUT2D eigenvalue weighted by Gasteiger charge is 2.11. The molecule has 0 unspecified atom stereocenters. The maximum atomic E-state index is 9.06. The third kappa shape index (κ3) is 4.17. The number of ether oxygens (including phenoxy) is 1. The second-order valence-electron chi connectivity index (χ2n) is 3.76. The lowest BCUT2D eigenvalue weighted by Crippen LogP contribution is -2.32. The zero-order valence-electron chi connectivity index (χ0n) is 10.6. The van der Waals surface area contributed by atoms with Crippen molar-refractivity contribution in [3.8, 4) is 0 Å². The van der Waals surface area contributed by atoms with Crippen LogP contribution in [0.15, 0.2) is 6.07 Å². The Balaban J connectivity index is 2.98. The molecule has 0 aliphatic carbocycles. The lowest BCUT2D eigenvalue weighted by molar-refractivity contribution is 0.202. The van der Waals surface area contributed by atoms with E-state index >= 15 is 0 Å². The van der Waals surface area contributed by atoms with Crippen molar-refractivity contribution in [1.82, 2.24) is 9.97 Å². The number of nitrogens with two attached hydrogens (primary N) is 1. The third-order valence-corrected chi connectivity index (χ3v) is 2.52. The minimum absolute atomic E-state index is 0.0173. The number of aliphatic hydroxyl groups excluding tert-OH is 1. The number of methoxy groups -OCH3 is 1. The zero-order chi connectivity index (χ0) is 13.5. The lowest BCUT2D eigenvalue weighted by atomic mass is 10.3. The molecule has 0 atom stereocenters. The third-order valence-electron chi connectivity index (χ3n) is 2.31. The molecule has 1 aromatic heterocycles. The predicted molar refractivity (Wildman–Crippen MR) is 73.8 cm³/mol. The van der Waals surface area contributed by atoms with Crippen LogP contribution in [0.1, 0.15) is 11.4 Å². The number of aryl methyl sites for hydroxylation is 1. The van der Waals surface area contributed by atoms with Gasteiger partial charge in [-0.05, 0) is 13.0 Å². The number of anilines is 1. The Bertz CT molecular complexity index is 414. The van der Waals surface area contributed by atoms with Crippen molar-refractivity contribution in [2.75, 3.05) is 38.3 Å². The van der Waals surface area contributed by atoms with Gasteiger partial charge in [-0.15, -0.1) is 0 Å². The van der Waals surface area contributed by atoms with Gasteiger partial charge in [-0.25, -0.2) is 9.97 Å². The minimum Gasteiger partial charge on any atom is -0.395 e. The monoisotopic (exact) mass is 270 g/mol. The van der Waals surface area contributed by atoms with Crippen molar-refractivity contribution in [3.63, 3.8) is 0 Å². The van der Waals surface area contributed by atoms with Crippen molar-refractivity contribution in [3.05, 3.63) is 17.5 Å². The van der Waals surface area contributed by atoms with E-state index in [0.29, 0.717) is 31.3 Å². The first-order chi connectivity index (χ1) is 8.58. The first kappa shape index (κ1) is 14.7. The first-order valence-electron chi connectivity index (χ1n) is 5.58. The Morgan fingerprint density at radius 3 is 2.78 bits per heavy atom. The quantitative estimate of drug-likeness (QED) is 0.667. The summed E-state index contributed by atoms with van der Waals surface area (Å²) in [6.07, 6.45) is 0. The molecule has 0 bridgehead atoms. The van der Waals surface area contributed by atoms with Crippen molar-refractivity contribution in [2.45, 2.75) is 6.92 Å². The van der Waals surface area contributed by atoms with Crippen LogP contribution in [0, 0.1) is 6.92 Å². The van der Waals surface area contributed by atoms with E-state index < -0.39 is 0 Å². The Hall–Kier alpha value is -1.31. The van der Waals surface area contributed by atoms with E-state index in [1.54, 1.807) is 13.2 Å². The van der Waals surface area contributed by atoms with Gasteiger partial charge in [0.2, 0.25) is 5.95 Å². The summed E-state index contributed by atoms with van der Waals surface area (Å²) >= 11 is 4.91. The standard InChI is InChI=1S/C11H18N4O2S/c1-8-7-9(10(12)18)14-11(13-8)15(3-5-16)4-6-17-2/h7,16H,3-6H2,1-2H3,(H2,12,18). The molecule has 1 rings (SSSR count). The minimum atomic E-state index is 0.0173. The van der Waals surface area contributed by atoms with Crippen LogP contribution >= 0.6 is 12.2 Å². The summed E-state index contributed by atoms with van der Waals surface area (Å²) in [5.74, 6) is 0.504. The molecule has 7 heteroatoms. The number of aliphatic hydroxyl groups is 1. The van der Waals surface area contributed by atoms with Crippen molar-refractivity contribution >= 4 is 23.2 Å². The second kappa shape index (κ2) is 7.20. The van der Waals surface area contributed by atoms with E-state index in [1.165, 1.54) is 0 Å². The summed E-state index contributed by atoms with van der Waals surface area (Å²) in [6.45, 7) is 3.42. The topological polar surface area (TPSA) is 84.5 Å². The Morgan fingerprint density at radius 1 is 1.50 bits per heavy atom. The van der Waals surface area contributed by atoms with Crippen molar-refractivity contribution in [2.24, 2.45) is 5.73 Å². The van der Waals surface area contributed by atoms with E-state index in [0.717, 1.165) is 5.69 Å². The summed E-state index contributed by atoms with van der Waals surface area (Å²) in [4.78, 5) is 10.7. The molecular weight excluding hydrogens is 252 g/mol. The van der Waals surface area contributed by atoms with Crippen LogP contribution in [0.25, 0.3) is 0 Å². The maximum absolute atomic E-state index is 9.06. The number of nitrogens with zero attached hydrogens (tertiary/aromatic N) is 3. The second-order valence-corrected chi connectivity index (χ2v) is 4.20. The highest BCUT2D eigenvalue weighted by atomic mass is 32.1. The number of hydrogen-bond donors (Lipinski definition) is 2. The van der Waals surface area contributed by atoms with Crippen molar-refractivity contribution < 1.29 is 9.84 Å². The zero-order valence-corrected chi connectivity index (χ0v) is 11.4. The Labute approximate surface area is 112 Å². The number of thiocarbonyl (C=S) groups is 1. The molecular formula is C11H18N4O2S. The van der Waals surface area contributed by atoms with Crippen LogP contribution in [-0.4, -0.2) is 53.5 Å². The van der Waals surface area contributed by atoms with Gasteiger partial charge < -0.3 is 20.5 Å². The molecule has 0 fully saturated rings. The summed E-state index contributed by atoms with van der Waals surface area (Å²) in [7, 11) is 1.62. The first-order valence-corrected chi connectivity index (χ1v) is 5.99. The van der Waals surface area contributed by atoms with Gasteiger partial charge in [0.15, 0.2) is 0 Å². The molecule has 0 aliphatic rings. The van der Waals surface area contributed by atoms with Gasteiger partial charge in [-0.1, -0.05) is 12.2 Å². The van der Waals surface area contributed by atoms with E-state index in [-0.39, 0.29) is 11.6 Å². The lowest BCUT2D eigenvalue weighted by Gasteiger charge is -2.21. The molecule has 0 saturated heterocycles. The van der Waals surface area contributed by atoms with Crippen LogP contribution in [0.5, 0.6) is 0 Å². The average molecular weight is 270 g/mol. The molecule has 0 aliphatic heterocycles. The fourth-order valence-corrected chi connectivity index (χ4v) is 1.56. The molecule has 18 heavy (non-hydrogen) atoms. The van der Waals surface area contributed by atoms with Gasteiger partial charge in [0.25, 0.3) is 0 Å². The normalized spacial score (nSPS) is 10.4. The number of aromatic nitrogens is 2. The molecule has 0 radical (unpaired) electrons. The fraction of sp³-hybridized carbons (Fsp3) is 0.545. The van der Waals surface area contributed by atoms with Crippen LogP contribution in [0.3, 0.4) is 0 Å². The molecule has 0 amide bonds. The molecule has 0 saturated carbocycles. The largest absolute Gasteiger partial charge is 0.395 e. The predicted octanol–water partition coefficient (Wildman–Crippen LogP) is -0.136. The maximum Gasteiger partial charge on any atom is 0.226 e. The molecule has 1 aromatic rings. The molecule has 0 aromatic carbocycles. The highest BCUT2D eigenvalue weighted by Crippen LogP contribution is 2.10. The van der Waals surface area contributed by atoms with Gasteiger partial charge >= 0.3 is 0 Å². The van der Waals surface area contributed by atoms with Gasteiger partial charge in [0.05, 0.1) is 13.2 Å². The van der Waals surface area contributed by atoms with Gasteiger partial charge in [-0.3, -0.25) is 0 Å². The van der Waals surface area contributed by atoms with Crippen LogP contribution < -0.4 is 10.6 Å². The molecule has 1 heterocycles. The van der Waals surface area contributed by atoms with Crippen LogP contribution in [-0.2, 0) is 4.74 Å². The van der Waals surface area contributed by atoms with Crippen LogP contribution in [0.4, 0.5) is 5.95 Å². The summed E-state index contributed by atoms with van der Waals surface area (Å²) in [5.41, 5.74) is 6.89. The molecule has 0 spiro atoms. The molecule has 3 N–H and O–H groups in total. The molecule has 100 valence electrons. The Kier molecular flexibility index (Phi) is 5.90. The van der Waals surface area contributed by atoms with Gasteiger partial charge in [0, 0.05) is 25.9 Å². The van der Waals surface area contributed by atoms with E-state index in [1.807, 2.05) is 11.8 Å². The number of hydrogen-bond acceptors (Lipinski definition) is 6. The summed E-state index contributed by atoms with van der Waals surface area (Å²) in [5, 5.41) is 9.06.